The van der Waals surface area contributed by atoms with Gasteiger partial charge in [-0.25, -0.2) is 9.59 Å². The Morgan fingerprint density at radius 3 is 1.92 bits per heavy atom. The number of aliphatic carboxylic acids is 1. The molecule has 4 aromatic carbocycles. The minimum Gasteiger partial charge on any atom is -0.494 e. The van der Waals surface area contributed by atoms with Crippen LogP contribution < -0.4 is 10.1 Å². The summed E-state index contributed by atoms with van der Waals surface area (Å²) in [6.45, 7) is 2.69. The van der Waals surface area contributed by atoms with Crippen molar-refractivity contribution < 1.29 is 24.2 Å². The molecule has 6 nitrogen and oxygen atoms in total. The first kappa shape index (κ1) is 25.1. The lowest BCUT2D eigenvalue weighted by Crippen LogP contribution is -2.42. The fourth-order valence-electron chi connectivity index (χ4n) is 4.96. The normalized spacial score (nSPS) is 12.8. The molecule has 1 aliphatic rings. The highest BCUT2D eigenvalue weighted by atomic mass is 16.5. The van der Waals surface area contributed by atoms with Gasteiger partial charge in [0.05, 0.1) is 6.61 Å². The predicted octanol–water partition coefficient (Wildman–Crippen LogP) is 6.29. The summed E-state index contributed by atoms with van der Waals surface area (Å²) in [4.78, 5) is 24.6. The molecule has 1 amide bonds. The molecule has 0 bridgehead atoms. The Kier molecular flexibility index (Phi) is 7.40. The summed E-state index contributed by atoms with van der Waals surface area (Å²) in [5, 5.41) is 12.3. The number of amides is 1. The second-order valence-corrected chi connectivity index (χ2v) is 9.22. The zero-order valence-corrected chi connectivity index (χ0v) is 21.1. The third kappa shape index (κ3) is 5.39. The molecule has 0 radical (unpaired) electrons. The van der Waals surface area contributed by atoms with E-state index in [9.17, 15) is 14.7 Å². The molecule has 4 aromatic rings. The second kappa shape index (κ2) is 11.2. The van der Waals surface area contributed by atoms with E-state index < -0.39 is 18.1 Å². The van der Waals surface area contributed by atoms with E-state index in [2.05, 4.69) is 17.4 Å². The quantitative estimate of drug-likeness (QED) is 0.278. The van der Waals surface area contributed by atoms with Gasteiger partial charge < -0.3 is 19.9 Å². The number of rotatable bonds is 9. The van der Waals surface area contributed by atoms with E-state index in [4.69, 9.17) is 9.47 Å². The van der Waals surface area contributed by atoms with Crippen molar-refractivity contribution in [1.82, 2.24) is 5.32 Å². The Bertz CT molecular complexity index is 1380. The summed E-state index contributed by atoms with van der Waals surface area (Å²) in [7, 11) is 0. The van der Waals surface area contributed by atoms with Gasteiger partial charge in [-0.2, -0.15) is 0 Å². The number of fused-ring (bicyclic) bond motifs is 3. The van der Waals surface area contributed by atoms with Crippen LogP contribution in [-0.2, 0) is 16.0 Å². The SMILES string of the molecule is CCOc1ccc(-c2ccc(C[C@H](NC(=O)OCC3c4ccccc4-c4ccccc43)C(=O)O)cc2)cc1. The zero-order valence-electron chi connectivity index (χ0n) is 21.1. The fraction of sp³-hybridized carbons (Fsp3) is 0.188. The molecule has 0 aliphatic heterocycles. The van der Waals surface area contributed by atoms with Crippen molar-refractivity contribution in [3.05, 3.63) is 114 Å². The molecule has 1 aliphatic carbocycles. The number of carbonyl (C=O) groups excluding carboxylic acids is 1. The maximum atomic E-state index is 12.6. The van der Waals surface area contributed by atoms with Crippen LogP contribution in [0.4, 0.5) is 4.79 Å². The highest BCUT2D eigenvalue weighted by Gasteiger charge is 2.29. The molecule has 0 aromatic heterocycles. The van der Waals surface area contributed by atoms with E-state index in [0.717, 1.165) is 44.7 Å². The average Bonchev–Trinajstić information content (AvgIpc) is 3.26. The molecule has 6 heteroatoms. The number of hydrogen-bond donors (Lipinski definition) is 2. The molecule has 0 spiro atoms. The van der Waals surface area contributed by atoms with Crippen molar-refractivity contribution in [1.29, 1.82) is 0 Å². The Balaban J connectivity index is 1.21. The van der Waals surface area contributed by atoms with E-state index in [-0.39, 0.29) is 18.9 Å². The van der Waals surface area contributed by atoms with E-state index in [1.807, 2.05) is 91.9 Å². The molecule has 0 saturated heterocycles. The number of nitrogens with one attached hydrogen (secondary N) is 1. The summed E-state index contributed by atoms with van der Waals surface area (Å²) in [5.74, 6) is -0.392. The van der Waals surface area contributed by atoms with E-state index in [1.54, 1.807) is 0 Å². The van der Waals surface area contributed by atoms with Crippen molar-refractivity contribution in [3.8, 4) is 28.0 Å². The van der Waals surface area contributed by atoms with Crippen LogP contribution in [0, 0.1) is 0 Å². The first-order chi connectivity index (χ1) is 18.5. The van der Waals surface area contributed by atoms with Crippen LogP contribution in [0.5, 0.6) is 5.75 Å². The maximum Gasteiger partial charge on any atom is 0.407 e. The molecular weight excluding hydrogens is 478 g/mol. The first-order valence-electron chi connectivity index (χ1n) is 12.7. The first-order valence-corrected chi connectivity index (χ1v) is 12.7. The monoisotopic (exact) mass is 507 g/mol. The standard InChI is InChI=1S/C32H29NO5/c1-2-37-24-17-15-23(16-18-24)22-13-11-21(12-14-22)19-30(31(34)35)33-32(36)38-20-29-27-9-5-3-7-25(27)26-8-4-6-10-28(26)29/h3-18,29-30H,2,19-20H2,1H3,(H,33,36)(H,34,35)/t30-/m0/s1. The summed E-state index contributed by atoms with van der Waals surface area (Å²) >= 11 is 0. The van der Waals surface area contributed by atoms with E-state index >= 15 is 0 Å². The van der Waals surface area contributed by atoms with Gasteiger partial charge in [0.25, 0.3) is 0 Å². The minimum atomic E-state index is -1.12. The Hall–Kier alpha value is -4.58. The van der Waals surface area contributed by atoms with Crippen molar-refractivity contribution in [2.75, 3.05) is 13.2 Å². The smallest absolute Gasteiger partial charge is 0.407 e. The number of ether oxygens (including phenoxy) is 2. The van der Waals surface area contributed by atoms with Gasteiger partial charge in [-0.05, 0) is 58.0 Å². The maximum absolute atomic E-state index is 12.6. The molecule has 1 atom stereocenters. The number of hydrogen-bond acceptors (Lipinski definition) is 4. The van der Waals surface area contributed by atoms with Gasteiger partial charge in [0.1, 0.15) is 18.4 Å². The van der Waals surface area contributed by atoms with Gasteiger partial charge in [-0.15, -0.1) is 0 Å². The number of benzene rings is 4. The molecule has 0 fully saturated rings. The largest absolute Gasteiger partial charge is 0.494 e. The summed E-state index contributed by atoms with van der Waals surface area (Å²) < 4.78 is 11.0. The Morgan fingerprint density at radius 1 is 0.816 bits per heavy atom. The number of carboxylic acid groups (broad SMARTS) is 1. The summed E-state index contributed by atoms with van der Waals surface area (Å²) in [6, 6.07) is 30.5. The zero-order chi connectivity index (χ0) is 26.5. The Morgan fingerprint density at radius 2 is 1.37 bits per heavy atom. The van der Waals surface area contributed by atoms with Crippen molar-refractivity contribution >= 4 is 12.1 Å². The van der Waals surface area contributed by atoms with Crippen LogP contribution in [0.25, 0.3) is 22.3 Å². The van der Waals surface area contributed by atoms with Crippen LogP contribution in [0.1, 0.15) is 29.5 Å². The topological polar surface area (TPSA) is 84.9 Å². The minimum absolute atomic E-state index is 0.0911. The molecule has 192 valence electrons. The van der Waals surface area contributed by atoms with E-state index in [0.29, 0.717) is 6.61 Å². The van der Waals surface area contributed by atoms with Gasteiger partial charge in [-0.3, -0.25) is 0 Å². The predicted molar refractivity (Wildman–Crippen MR) is 146 cm³/mol. The van der Waals surface area contributed by atoms with Gasteiger partial charge >= 0.3 is 12.1 Å². The molecule has 0 unspecified atom stereocenters. The third-order valence-electron chi connectivity index (χ3n) is 6.83. The lowest BCUT2D eigenvalue weighted by Gasteiger charge is -2.17. The van der Waals surface area contributed by atoms with Crippen LogP contribution in [-0.4, -0.2) is 36.4 Å². The molecular formula is C32H29NO5. The van der Waals surface area contributed by atoms with Gasteiger partial charge in [-0.1, -0.05) is 84.9 Å². The highest BCUT2D eigenvalue weighted by Crippen LogP contribution is 2.44. The number of carboxylic acids is 1. The molecule has 2 N–H and O–H groups in total. The lowest BCUT2D eigenvalue weighted by atomic mass is 9.98. The van der Waals surface area contributed by atoms with E-state index in [1.165, 1.54) is 0 Å². The van der Waals surface area contributed by atoms with Crippen LogP contribution >= 0.6 is 0 Å². The molecule has 0 saturated carbocycles. The van der Waals surface area contributed by atoms with Crippen molar-refractivity contribution in [2.24, 2.45) is 0 Å². The molecule has 38 heavy (non-hydrogen) atoms. The summed E-state index contributed by atoms with van der Waals surface area (Å²) in [5.41, 5.74) is 7.31. The van der Waals surface area contributed by atoms with Crippen LogP contribution in [0.3, 0.4) is 0 Å². The summed E-state index contributed by atoms with van der Waals surface area (Å²) in [6.07, 6.45) is -0.603. The van der Waals surface area contributed by atoms with Crippen molar-refractivity contribution in [3.63, 3.8) is 0 Å². The Labute approximate surface area is 221 Å². The van der Waals surface area contributed by atoms with Crippen molar-refractivity contribution in [2.45, 2.75) is 25.3 Å². The fourth-order valence-corrected chi connectivity index (χ4v) is 4.96. The molecule has 5 rings (SSSR count). The number of alkyl carbamates (subject to hydrolysis) is 1. The molecule has 0 heterocycles. The number of carbonyl (C=O) groups is 2. The van der Waals surface area contributed by atoms with Crippen LogP contribution in [0.15, 0.2) is 97.1 Å². The van der Waals surface area contributed by atoms with Gasteiger partial charge in [0.2, 0.25) is 0 Å². The third-order valence-corrected chi connectivity index (χ3v) is 6.83. The van der Waals surface area contributed by atoms with Gasteiger partial charge in [0.15, 0.2) is 0 Å². The van der Waals surface area contributed by atoms with Crippen LogP contribution in [0.2, 0.25) is 0 Å². The van der Waals surface area contributed by atoms with Gasteiger partial charge in [0, 0.05) is 12.3 Å². The second-order valence-electron chi connectivity index (χ2n) is 9.22. The highest BCUT2D eigenvalue weighted by molar-refractivity contribution is 5.81. The lowest BCUT2D eigenvalue weighted by molar-refractivity contribution is -0.139. The average molecular weight is 508 g/mol.